The Bertz CT molecular complexity index is 655. The fraction of sp³-hybridized carbons (Fsp3) is 0.235. The van der Waals surface area contributed by atoms with Crippen molar-refractivity contribution < 1.29 is 4.74 Å². The molecule has 0 radical (unpaired) electrons. The molecule has 21 heavy (non-hydrogen) atoms. The van der Waals surface area contributed by atoms with Gasteiger partial charge in [-0.05, 0) is 23.6 Å². The second-order valence-electron chi connectivity index (χ2n) is 5.15. The summed E-state index contributed by atoms with van der Waals surface area (Å²) in [5.74, 6) is 1.30. The highest BCUT2D eigenvalue weighted by atomic mass is 35.5. The first-order valence-electron chi connectivity index (χ1n) is 6.79. The molecule has 2 nitrogen and oxygen atoms in total. The first-order chi connectivity index (χ1) is 9.99. The lowest BCUT2D eigenvalue weighted by Gasteiger charge is -2.14. The molecule has 0 atom stereocenters. The summed E-state index contributed by atoms with van der Waals surface area (Å²) in [4.78, 5) is 0.342. The van der Waals surface area contributed by atoms with Crippen molar-refractivity contribution in [3.8, 4) is 5.75 Å². The summed E-state index contributed by atoms with van der Waals surface area (Å²) in [6, 6.07) is 13.6. The Morgan fingerprint density at radius 2 is 1.95 bits per heavy atom. The number of rotatable bonds is 5. The van der Waals surface area contributed by atoms with Gasteiger partial charge in [0.1, 0.15) is 17.3 Å². The van der Waals surface area contributed by atoms with Crippen LogP contribution in [0.5, 0.6) is 5.75 Å². The van der Waals surface area contributed by atoms with Crippen LogP contribution in [0.1, 0.15) is 36.5 Å². The number of halogens is 1. The first-order valence-corrected chi connectivity index (χ1v) is 7.57. The van der Waals surface area contributed by atoms with Crippen molar-refractivity contribution in [1.29, 1.82) is 0 Å². The van der Waals surface area contributed by atoms with Crippen molar-refractivity contribution in [2.24, 2.45) is 5.73 Å². The van der Waals surface area contributed by atoms with Crippen molar-refractivity contribution in [2.75, 3.05) is 0 Å². The molecule has 4 heteroatoms. The fourth-order valence-electron chi connectivity index (χ4n) is 2.06. The predicted octanol–water partition coefficient (Wildman–Crippen LogP) is 4.68. The van der Waals surface area contributed by atoms with Gasteiger partial charge in [-0.1, -0.05) is 68.0 Å². The SMILES string of the molecule is CC(C)c1ccccc1OCc1ccc(C(N)=S)cc1Cl. The molecule has 2 aromatic rings. The average molecular weight is 320 g/mol. The summed E-state index contributed by atoms with van der Waals surface area (Å²) in [6.07, 6.45) is 0. The molecule has 110 valence electrons. The van der Waals surface area contributed by atoms with Crippen molar-refractivity contribution >= 4 is 28.8 Å². The third kappa shape index (κ3) is 3.96. The summed E-state index contributed by atoms with van der Waals surface area (Å²) in [5.41, 5.74) is 8.46. The molecule has 0 fully saturated rings. The zero-order valence-electron chi connectivity index (χ0n) is 12.1. The number of benzene rings is 2. The number of para-hydroxylation sites is 1. The molecule has 0 aliphatic heterocycles. The van der Waals surface area contributed by atoms with Crippen molar-refractivity contribution in [3.63, 3.8) is 0 Å². The summed E-state index contributed by atoms with van der Waals surface area (Å²) >= 11 is 11.2. The number of hydrogen-bond donors (Lipinski definition) is 1. The third-order valence-electron chi connectivity index (χ3n) is 3.26. The Labute approximate surface area is 135 Å². The maximum Gasteiger partial charge on any atom is 0.123 e. The monoisotopic (exact) mass is 319 g/mol. The molecule has 0 amide bonds. The zero-order chi connectivity index (χ0) is 15.4. The van der Waals surface area contributed by atoms with Gasteiger partial charge in [0.05, 0.1) is 0 Å². The molecule has 2 aromatic carbocycles. The second kappa shape index (κ2) is 6.92. The molecule has 0 saturated heterocycles. The Balaban J connectivity index is 2.15. The molecule has 0 aliphatic carbocycles. The summed E-state index contributed by atoms with van der Waals surface area (Å²) < 4.78 is 5.92. The quantitative estimate of drug-likeness (QED) is 0.813. The molecule has 2 N–H and O–H groups in total. The van der Waals surface area contributed by atoms with Gasteiger partial charge in [0.2, 0.25) is 0 Å². The van der Waals surface area contributed by atoms with Gasteiger partial charge < -0.3 is 10.5 Å². The van der Waals surface area contributed by atoms with Crippen LogP contribution >= 0.6 is 23.8 Å². The van der Waals surface area contributed by atoms with Crippen LogP contribution in [0.15, 0.2) is 42.5 Å². The highest BCUT2D eigenvalue weighted by molar-refractivity contribution is 7.80. The van der Waals surface area contributed by atoms with E-state index >= 15 is 0 Å². The molecule has 0 heterocycles. The Hall–Kier alpha value is -1.58. The van der Waals surface area contributed by atoms with Crippen LogP contribution in [0.3, 0.4) is 0 Å². The zero-order valence-corrected chi connectivity index (χ0v) is 13.7. The van der Waals surface area contributed by atoms with Crippen LogP contribution < -0.4 is 10.5 Å². The molecule has 0 aromatic heterocycles. The Morgan fingerprint density at radius 1 is 1.24 bits per heavy atom. The van der Waals surface area contributed by atoms with E-state index in [9.17, 15) is 0 Å². The molecule has 0 saturated carbocycles. The van der Waals surface area contributed by atoms with Gasteiger partial charge in [-0.2, -0.15) is 0 Å². The highest BCUT2D eigenvalue weighted by Gasteiger charge is 2.09. The van der Waals surface area contributed by atoms with E-state index in [4.69, 9.17) is 34.3 Å². The predicted molar refractivity (Wildman–Crippen MR) is 92.2 cm³/mol. The van der Waals surface area contributed by atoms with Crippen LogP contribution in [-0.2, 0) is 6.61 Å². The topological polar surface area (TPSA) is 35.2 Å². The maximum absolute atomic E-state index is 6.25. The third-order valence-corrected chi connectivity index (χ3v) is 3.85. The minimum absolute atomic E-state index is 0.342. The van der Waals surface area contributed by atoms with E-state index in [1.165, 1.54) is 5.56 Å². The lowest BCUT2D eigenvalue weighted by Crippen LogP contribution is -2.09. The molecular weight excluding hydrogens is 302 g/mol. The molecule has 0 bridgehead atoms. The number of thiocarbonyl (C=S) groups is 1. The molecule has 0 aliphatic rings. The van der Waals surface area contributed by atoms with E-state index in [0.29, 0.717) is 22.5 Å². The maximum atomic E-state index is 6.25. The Kier molecular flexibility index (Phi) is 5.21. The molecule has 0 unspecified atom stereocenters. The smallest absolute Gasteiger partial charge is 0.123 e. The van der Waals surface area contributed by atoms with E-state index in [-0.39, 0.29) is 0 Å². The number of hydrogen-bond acceptors (Lipinski definition) is 2. The largest absolute Gasteiger partial charge is 0.489 e. The van der Waals surface area contributed by atoms with Gasteiger partial charge in [-0.25, -0.2) is 0 Å². The van der Waals surface area contributed by atoms with Gasteiger partial charge in [-0.15, -0.1) is 0 Å². The number of ether oxygens (including phenoxy) is 1. The Morgan fingerprint density at radius 3 is 2.57 bits per heavy atom. The highest BCUT2D eigenvalue weighted by Crippen LogP contribution is 2.27. The minimum atomic E-state index is 0.342. The standard InChI is InChI=1S/C17H18ClNOS/c1-11(2)14-5-3-4-6-16(14)20-10-13-8-7-12(17(19)21)9-15(13)18/h3-9,11H,10H2,1-2H3,(H2,19,21). The molecule has 0 spiro atoms. The normalized spacial score (nSPS) is 10.7. The first kappa shape index (κ1) is 15.8. The average Bonchev–Trinajstić information content (AvgIpc) is 2.46. The van der Waals surface area contributed by atoms with Crippen LogP contribution in [0.2, 0.25) is 5.02 Å². The van der Waals surface area contributed by atoms with Crippen molar-refractivity contribution in [3.05, 3.63) is 64.2 Å². The second-order valence-corrected chi connectivity index (χ2v) is 6.00. The van der Waals surface area contributed by atoms with Gasteiger partial charge in [-0.3, -0.25) is 0 Å². The lowest BCUT2D eigenvalue weighted by molar-refractivity contribution is 0.302. The summed E-state index contributed by atoms with van der Waals surface area (Å²) in [7, 11) is 0. The fourth-order valence-corrected chi connectivity index (χ4v) is 2.42. The van der Waals surface area contributed by atoms with Gasteiger partial charge >= 0.3 is 0 Å². The van der Waals surface area contributed by atoms with E-state index < -0.39 is 0 Å². The molecular formula is C17H18ClNOS. The van der Waals surface area contributed by atoms with E-state index in [2.05, 4.69) is 19.9 Å². The van der Waals surface area contributed by atoms with Crippen LogP contribution in [0.25, 0.3) is 0 Å². The van der Waals surface area contributed by atoms with E-state index in [1.54, 1.807) is 6.07 Å². The van der Waals surface area contributed by atoms with Crippen LogP contribution in [0.4, 0.5) is 0 Å². The van der Waals surface area contributed by atoms with Crippen molar-refractivity contribution in [1.82, 2.24) is 0 Å². The van der Waals surface area contributed by atoms with Gasteiger partial charge in [0, 0.05) is 16.1 Å². The lowest BCUT2D eigenvalue weighted by atomic mass is 10.0. The summed E-state index contributed by atoms with van der Waals surface area (Å²) in [6.45, 7) is 4.71. The molecule has 2 rings (SSSR count). The minimum Gasteiger partial charge on any atom is -0.489 e. The van der Waals surface area contributed by atoms with Gasteiger partial charge in [0.15, 0.2) is 0 Å². The summed E-state index contributed by atoms with van der Waals surface area (Å²) in [5, 5.41) is 0.613. The van der Waals surface area contributed by atoms with Gasteiger partial charge in [0.25, 0.3) is 0 Å². The van der Waals surface area contributed by atoms with Crippen LogP contribution in [0, 0.1) is 0 Å². The van der Waals surface area contributed by atoms with E-state index in [0.717, 1.165) is 16.9 Å². The van der Waals surface area contributed by atoms with Crippen LogP contribution in [-0.4, -0.2) is 4.99 Å². The van der Waals surface area contributed by atoms with E-state index in [1.807, 2.05) is 30.3 Å². The van der Waals surface area contributed by atoms with Crippen molar-refractivity contribution in [2.45, 2.75) is 26.4 Å². The number of nitrogens with two attached hydrogens (primary N) is 1.